The number of nitro benzene ring substituents is 1. The number of benzene rings is 1. The largest absolute Gasteiger partial charge is 0.477 e. The minimum absolute atomic E-state index is 0.323. The number of nitro groups is 1. The molecule has 1 N–H and O–H groups in total. The summed E-state index contributed by atoms with van der Waals surface area (Å²) in [6, 6.07) is 4.03. The number of nitrogens with zero attached hydrogens (tertiary/aromatic N) is 3. The van der Waals surface area contributed by atoms with Crippen molar-refractivity contribution in [3.8, 4) is 5.69 Å². The number of carbonyl (C=O) groups is 1. The predicted octanol–water partition coefficient (Wildman–Crippen LogP) is 2.43. The van der Waals surface area contributed by atoms with E-state index in [9.17, 15) is 14.9 Å². The molecule has 1 aromatic carbocycles. The maximum atomic E-state index is 11.0. The summed E-state index contributed by atoms with van der Waals surface area (Å²) in [7, 11) is 0. The monoisotopic (exact) mass is 275 g/mol. The maximum Gasteiger partial charge on any atom is 0.342 e. The van der Waals surface area contributed by atoms with Crippen LogP contribution in [0, 0.1) is 10.1 Å². The van der Waals surface area contributed by atoms with Gasteiger partial charge in [-0.05, 0) is 18.6 Å². The van der Waals surface area contributed by atoms with E-state index in [0.717, 1.165) is 18.7 Å². The smallest absolute Gasteiger partial charge is 0.342 e. The van der Waals surface area contributed by atoms with E-state index in [0.29, 0.717) is 5.69 Å². The molecule has 0 saturated carbocycles. The zero-order valence-corrected chi connectivity index (χ0v) is 10.8. The topological polar surface area (TPSA) is 98.3 Å². The molecule has 0 radical (unpaired) electrons. The van der Waals surface area contributed by atoms with Crippen molar-refractivity contribution in [3.63, 3.8) is 0 Å². The number of aromatic nitrogens is 2. The SMILES string of the molecule is CCCc1nccn1-c1ccc(C(=O)O)c([N+](=O)[O-])c1. The van der Waals surface area contributed by atoms with E-state index in [1.807, 2.05) is 6.92 Å². The molecule has 0 amide bonds. The van der Waals surface area contributed by atoms with Crippen molar-refractivity contribution in [3.05, 3.63) is 52.1 Å². The van der Waals surface area contributed by atoms with Gasteiger partial charge in [-0.1, -0.05) is 6.92 Å². The lowest BCUT2D eigenvalue weighted by molar-refractivity contribution is -0.385. The fourth-order valence-corrected chi connectivity index (χ4v) is 1.98. The Morgan fingerprint density at radius 2 is 2.25 bits per heavy atom. The summed E-state index contributed by atoms with van der Waals surface area (Å²) < 4.78 is 1.72. The normalized spacial score (nSPS) is 10.4. The van der Waals surface area contributed by atoms with Crippen molar-refractivity contribution in [1.29, 1.82) is 0 Å². The molecule has 0 aliphatic rings. The van der Waals surface area contributed by atoms with Crippen LogP contribution < -0.4 is 0 Å². The van der Waals surface area contributed by atoms with E-state index >= 15 is 0 Å². The van der Waals surface area contributed by atoms with Crippen LogP contribution in [0.25, 0.3) is 5.69 Å². The van der Waals surface area contributed by atoms with Gasteiger partial charge in [0.25, 0.3) is 5.69 Å². The number of carboxylic acids is 1. The van der Waals surface area contributed by atoms with Crippen molar-refractivity contribution in [1.82, 2.24) is 9.55 Å². The fraction of sp³-hybridized carbons (Fsp3) is 0.231. The Balaban J connectivity index is 2.53. The molecule has 0 aliphatic carbocycles. The molecule has 0 bridgehead atoms. The van der Waals surface area contributed by atoms with Crippen molar-refractivity contribution in [2.45, 2.75) is 19.8 Å². The summed E-state index contributed by atoms with van der Waals surface area (Å²) in [4.78, 5) is 25.4. The molecule has 0 fully saturated rings. The molecule has 2 aromatic rings. The Kier molecular flexibility index (Phi) is 3.79. The van der Waals surface area contributed by atoms with Crippen molar-refractivity contribution in [2.24, 2.45) is 0 Å². The maximum absolute atomic E-state index is 11.0. The van der Waals surface area contributed by atoms with Crippen molar-refractivity contribution >= 4 is 11.7 Å². The molecule has 1 heterocycles. The Morgan fingerprint density at radius 1 is 1.50 bits per heavy atom. The quantitative estimate of drug-likeness (QED) is 0.667. The molecule has 0 unspecified atom stereocenters. The Labute approximate surface area is 114 Å². The molecule has 7 nitrogen and oxygen atoms in total. The fourth-order valence-electron chi connectivity index (χ4n) is 1.98. The van der Waals surface area contributed by atoms with Crippen molar-refractivity contribution in [2.75, 3.05) is 0 Å². The molecule has 0 aliphatic heterocycles. The second kappa shape index (κ2) is 5.52. The number of aryl methyl sites for hydroxylation is 1. The summed E-state index contributed by atoms with van der Waals surface area (Å²) in [6.07, 6.45) is 4.94. The molecular weight excluding hydrogens is 262 g/mol. The summed E-state index contributed by atoms with van der Waals surface area (Å²) in [5, 5.41) is 19.9. The summed E-state index contributed by atoms with van der Waals surface area (Å²) in [5.74, 6) is -0.535. The van der Waals surface area contributed by atoms with E-state index < -0.39 is 16.6 Å². The standard InChI is InChI=1S/C13H13N3O4/c1-2-3-12-14-6-7-15(12)9-4-5-10(13(17)18)11(8-9)16(19)20/h4-8H,2-3H2,1H3,(H,17,18). The molecule has 1 aromatic heterocycles. The van der Waals surface area contributed by atoms with E-state index in [1.54, 1.807) is 17.0 Å². The van der Waals surface area contributed by atoms with Crippen molar-refractivity contribution < 1.29 is 14.8 Å². The van der Waals surface area contributed by atoms with Gasteiger partial charge in [-0.2, -0.15) is 0 Å². The number of hydrogen-bond acceptors (Lipinski definition) is 4. The van der Waals surface area contributed by atoms with Gasteiger partial charge in [0.1, 0.15) is 11.4 Å². The van der Waals surface area contributed by atoms with Gasteiger partial charge in [-0.15, -0.1) is 0 Å². The molecule has 7 heteroatoms. The number of hydrogen-bond donors (Lipinski definition) is 1. The third-order valence-electron chi connectivity index (χ3n) is 2.88. The minimum Gasteiger partial charge on any atom is -0.477 e. The Bertz CT molecular complexity index is 663. The van der Waals surface area contributed by atoms with Crippen LogP contribution in [-0.2, 0) is 6.42 Å². The minimum atomic E-state index is -1.32. The zero-order valence-electron chi connectivity index (χ0n) is 10.8. The molecule has 2 rings (SSSR count). The number of aromatic carboxylic acids is 1. The summed E-state index contributed by atoms with van der Waals surface area (Å²) in [5.41, 5.74) is -0.218. The van der Waals surface area contributed by atoms with Crippen LogP contribution in [-0.4, -0.2) is 25.6 Å². The van der Waals surface area contributed by atoms with Gasteiger partial charge in [-0.3, -0.25) is 10.1 Å². The summed E-state index contributed by atoms with van der Waals surface area (Å²) in [6.45, 7) is 2.01. The lowest BCUT2D eigenvalue weighted by Crippen LogP contribution is -2.05. The molecule has 20 heavy (non-hydrogen) atoms. The van der Waals surface area contributed by atoms with E-state index in [2.05, 4.69) is 4.98 Å². The lowest BCUT2D eigenvalue weighted by atomic mass is 10.1. The number of imidazole rings is 1. The van der Waals surface area contributed by atoms with Gasteiger partial charge in [-0.25, -0.2) is 9.78 Å². The van der Waals surface area contributed by atoms with Gasteiger partial charge < -0.3 is 9.67 Å². The van der Waals surface area contributed by atoms with Crippen LogP contribution in [0.2, 0.25) is 0 Å². The molecule has 0 atom stereocenters. The van der Waals surface area contributed by atoms with Crippen LogP contribution in [0.3, 0.4) is 0 Å². The van der Waals surface area contributed by atoms with E-state index in [4.69, 9.17) is 5.11 Å². The second-order valence-electron chi connectivity index (χ2n) is 4.23. The van der Waals surface area contributed by atoms with E-state index in [1.165, 1.54) is 18.2 Å². The second-order valence-corrected chi connectivity index (χ2v) is 4.23. The molecular formula is C13H13N3O4. The third kappa shape index (κ3) is 2.51. The first-order valence-electron chi connectivity index (χ1n) is 6.09. The van der Waals surface area contributed by atoms with Crippen LogP contribution in [0.4, 0.5) is 5.69 Å². The van der Waals surface area contributed by atoms with Crippen LogP contribution in [0.15, 0.2) is 30.6 Å². The lowest BCUT2D eigenvalue weighted by Gasteiger charge is -2.08. The average Bonchev–Trinajstić information content (AvgIpc) is 2.86. The van der Waals surface area contributed by atoms with Crippen LogP contribution in [0.5, 0.6) is 0 Å². The predicted molar refractivity (Wildman–Crippen MR) is 71.2 cm³/mol. The first-order chi connectivity index (χ1) is 9.54. The number of carboxylic acid groups (broad SMARTS) is 1. The first kappa shape index (κ1) is 13.7. The Hall–Kier alpha value is -2.70. The third-order valence-corrected chi connectivity index (χ3v) is 2.88. The highest BCUT2D eigenvalue weighted by Crippen LogP contribution is 2.23. The van der Waals surface area contributed by atoms with E-state index in [-0.39, 0.29) is 5.56 Å². The molecule has 0 saturated heterocycles. The van der Waals surface area contributed by atoms with Gasteiger partial charge in [0.2, 0.25) is 0 Å². The number of rotatable bonds is 5. The highest BCUT2D eigenvalue weighted by molar-refractivity contribution is 5.92. The average molecular weight is 275 g/mol. The van der Waals surface area contributed by atoms with Crippen LogP contribution >= 0.6 is 0 Å². The highest BCUT2D eigenvalue weighted by Gasteiger charge is 2.20. The van der Waals surface area contributed by atoms with Gasteiger partial charge in [0.15, 0.2) is 0 Å². The summed E-state index contributed by atoms with van der Waals surface area (Å²) >= 11 is 0. The van der Waals surface area contributed by atoms with Gasteiger partial charge in [0.05, 0.1) is 10.6 Å². The first-order valence-corrected chi connectivity index (χ1v) is 6.09. The van der Waals surface area contributed by atoms with Gasteiger partial charge in [0, 0.05) is 24.9 Å². The highest BCUT2D eigenvalue weighted by atomic mass is 16.6. The molecule has 104 valence electrons. The van der Waals surface area contributed by atoms with Gasteiger partial charge >= 0.3 is 5.97 Å². The zero-order chi connectivity index (χ0) is 14.7. The van der Waals surface area contributed by atoms with Crippen LogP contribution in [0.1, 0.15) is 29.5 Å². The molecule has 0 spiro atoms. The Morgan fingerprint density at radius 3 is 2.85 bits per heavy atom.